The number of ether oxygens (including phenoxy) is 1. The van der Waals surface area contributed by atoms with E-state index < -0.39 is 44.9 Å². The summed E-state index contributed by atoms with van der Waals surface area (Å²) in [6.07, 6.45) is 1.72. The zero-order chi connectivity index (χ0) is 31.1. The lowest BCUT2D eigenvalue weighted by Crippen LogP contribution is -2.59. The molecule has 10 nitrogen and oxygen atoms in total. The molecule has 1 aliphatic rings. The molecule has 0 spiro atoms. The van der Waals surface area contributed by atoms with Crippen molar-refractivity contribution in [2.24, 2.45) is 0 Å². The Bertz CT molecular complexity index is 1520. The van der Waals surface area contributed by atoms with Crippen LogP contribution in [0.4, 0.5) is 10.5 Å². The van der Waals surface area contributed by atoms with E-state index in [-0.39, 0.29) is 12.1 Å². The Morgan fingerprint density at radius 1 is 0.907 bits per heavy atom. The molecule has 0 fully saturated rings. The molecular weight excluding hydrogens is 588 g/mol. The summed E-state index contributed by atoms with van der Waals surface area (Å²) in [5, 5.41) is 11.3. The highest BCUT2D eigenvalue weighted by Crippen LogP contribution is 2.42. The number of anilines is 1. The fraction of sp³-hybridized carbons (Fsp3) is 0.290. The largest absolute Gasteiger partial charge is 0.444 e. The highest BCUT2D eigenvalue weighted by molar-refractivity contribution is 8.03. The Labute approximate surface area is 256 Å². The number of rotatable bonds is 11. The molecule has 1 heterocycles. The molecule has 0 aliphatic carbocycles. The number of amides is 2. The lowest BCUT2D eigenvalue weighted by atomic mass is 9.92. The predicted octanol–water partition coefficient (Wildman–Crippen LogP) is 4.73. The average molecular weight is 625 g/mol. The van der Waals surface area contributed by atoms with E-state index in [0.717, 1.165) is 16.7 Å². The summed E-state index contributed by atoms with van der Waals surface area (Å²) >= 11 is 1.52. The first kappa shape index (κ1) is 31.9. The number of benzene rings is 3. The van der Waals surface area contributed by atoms with Gasteiger partial charge in [0.2, 0.25) is 5.91 Å². The number of thioether (sulfide) groups is 1. The van der Waals surface area contributed by atoms with Crippen molar-refractivity contribution < 1.29 is 27.3 Å². The minimum Gasteiger partial charge on any atom is -0.444 e. The van der Waals surface area contributed by atoms with Crippen molar-refractivity contribution in [3.63, 3.8) is 0 Å². The van der Waals surface area contributed by atoms with Crippen molar-refractivity contribution in [3.8, 4) is 0 Å². The summed E-state index contributed by atoms with van der Waals surface area (Å²) in [7, 11) is -4.42. The average Bonchev–Trinajstić information content (AvgIpc) is 3.44. The molecule has 1 aliphatic heterocycles. The van der Waals surface area contributed by atoms with Gasteiger partial charge in [0, 0.05) is 12.6 Å². The van der Waals surface area contributed by atoms with Gasteiger partial charge in [-0.15, -0.1) is 0 Å². The second-order valence-corrected chi connectivity index (χ2v) is 13.4. The maximum absolute atomic E-state index is 14.0. The maximum atomic E-state index is 14.0. The fourth-order valence-electron chi connectivity index (χ4n) is 4.73. The minimum atomic E-state index is -4.42. The maximum Gasteiger partial charge on any atom is 0.408 e. The Morgan fingerprint density at radius 3 is 2.07 bits per heavy atom. The summed E-state index contributed by atoms with van der Waals surface area (Å²) in [5.74, 6) is -0.394. The molecule has 12 heteroatoms. The van der Waals surface area contributed by atoms with Gasteiger partial charge >= 0.3 is 16.4 Å². The van der Waals surface area contributed by atoms with Gasteiger partial charge in [-0.3, -0.25) is 14.1 Å². The van der Waals surface area contributed by atoms with Crippen LogP contribution in [-0.2, 0) is 37.5 Å². The topological polar surface area (TPSA) is 146 Å². The van der Waals surface area contributed by atoms with Crippen LogP contribution in [-0.4, -0.2) is 42.7 Å². The van der Waals surface area contributed by atoms with E-state index in [1.807, 2.05) is 77.0 Å². The fourth-order valence-corrected chi connectivity index (χ4v) is 6.22. The van der Waals surface area contributed by atoms with Crippen molar-refractivity contribution in [2.75, 3.05) is 4.72 Å². The molecular formula is C31H36N4O6S2. The van der Waals surface area contributed by atoms with E-state index >= 15 is 0 Å². The molecule has 0 saturated carbocycles. The van der Waals surface area contributed by atoms with Gasteiger partial charge in [0.1, 0.15) is 16.5 Å². The van der Waals surface area contributed by atoms with E-state index in [9.17, 15) is 18.0 Å². The minimum absolute atomic E-state index is 0.198. The van der Waals surface area contributed by atoms with Gasteiger partial charge < -0.3 is 20.7 Å². The van der Waals surface area contributed by atoms with Gasteiger partial charge in [-0.1, -0.05) is 84.6 Å². The van der Waals surface area contributed by atoms with E-state index in [1.54, 1.807) is 32.9 Å². The third-order valence-electron chi connectivity index (χ3n) is 6.56. The molecule has 4 rings (SSSR count). The van der Waals surface area contributed by atoms with E-state index in [1.165, 1.54) is 23.9 Å². The summed E-state index contributed by atoms with van der Waals surface area (Å²) in [6.45, 7) is 5.27. The normalized spacial score (nSPS) is 17.8. The van der Waals surface area contributed by atoms with E-state index in [0.29, 0.717) is 6.42 Å². The number of carbonyl (C=O) groups is 2. The number of hydrogen-bond acceptors (Lipinski definition) is 7. The number of nitrogens with one attached hydrogen (secondary N) is 4. The van der Waals surface area contributed by atoms with Crippen LogP contribution in [0.2, 0.25) is 0 Å². The van der Waals surface area contributed by atoms with Crippen LogP contribution in [0.15, 0.2) is 96.5 Å². The van der Waals surface area contributed by atoms with Crippen LogP contribution in [0.5, 0.6) is 0 Å². The lowest BCUT2D eigenvalue weighted by Gasteiger charge is -2.39. The van der Waals surface area contributed by atoms with Crippen LogP contribution in [0, 0.1) is 0 Å². The van der Waals surface area contributed by atoms with Gasteiger partial charge in [-0.05, 0) is 61.4 Å². The monoisotopic (exact) mass is 624 g/mol. The molecule has 0 aromatic heterocycles. The lowest BCUT2D eigenvalue weighted by molar-refractivity contribution is -0.124. The van der Waals surface area contributed by atoms with Gasteiger partial charge in [0.25, 0.3) is 0 Å². The number of carbonyl (C=O) groups excluding carboxylic acids is 2. The molecule has 3 aromatic rings. The zero-order valence-electron chi connectivity index (χ0n) is 24.1. The Morgan fingerprint density at radius 2 is 1.51 bits per heavy atom. The Balaban J connectivity index is 1.66. The summed E-state index contributed by atoms with van der Waals surface area (Å²) in [4.78, 5) is 26.1. The zero-order valence-corrected chi connectivity index (χ0v) is 25.7. The molecule has 2 amide bonds. The third-order valence-corrected chi connectivity index (χ3v) is 8.34. The van der Waals surface area contributed by atoms with Crippen molar-refractivity contribution in [3.05, 3.63) is 113 Å². The van der Waals surface area contributed by atoms with Crippen molar-refractivity contribution in [2.45, 2.75) is 56.2 Å². The van der Waals surface area contributed by atoms with Crippen LogP contribution in [0.1, 0.15) is 37.5 Å². The number of alkyl carbamates (subject to hydrolysis) is 1. The highest BCUT2D eigenvalue weighted by atomic mass is 32.2. The molecule has 0 radical (unpaired) electrons. The molecule has 0 saturated heterocycles. The molecule has 5 N–H and O–H groups in total. The smallest absolute Gasteiger partial charge is 0.408 e. The summed E-state index contributed by atoms with van der Waals surface area (Å²) < 4.78 is 39.1. The number of hydrogen-bond donors (Lipinski definition) is 5. The predicted molar refractivity (Wildman–Crippen MR) is 169 cm³/mol. The standard InChI is InChI=1S/C31H36N4O6S2/c1-30(2,3)41-29(37)33-26(20-22-10-6-4-7-11-22)28(36)34-27(21-23-14-16-25(17-15-23)35-43(38,39)40)31(32-18-19-42-31)24-12-8-5-9-13-24/h4-19,26-27,32,35H,20-21H2,1-3H3,(H,33,37)(H,34,36)(H,38,39,40). The van der Waals surface area contributed by atoms with Gasteiger partial charge in [0.05, 0.1) is 11.7 Å². The van der Waals surface area contributed by atoms with Crippen molar-refractivity contribution in [1.29, 1.82) is 0 Å². The Kier molecular flexibility index (Phi) is 10.0. The SMILES string of the molecule is CC(C)(C)OC(=O)NC(Cc1ccccc1)C(=O)NC(Cc1ccc(NS(=O)(=O)O)cc1)C1(c2ccccc2)NC=CS1. The van der Waals surface area contributed by atoms with Crippen molar-refractivity contribution in [1.82, 2.24) is 16.0 Å². The van der Waals surface area contributed by atoms with E-state index in [2.05, 4.69) is 16.0 Å². The molecule has 43 heavy (non-hydrogen) atoms. The molecule has 3 unspecified atom stereocenters. The quantitative estimate of drug-likeness (QED) is 0.193. The van der Waals surface area contributed by atoms with Gasteiger partial charge in [-0.25, -0.2) is 4.79 Å². The first-order valence-electron chi connectivity index (χ1n) is 13.7. The second-order valence-electron chi connectivity index (χ2n) is 11.1. The summed E-state index contributed by atoms with van der Waals surface area (Å²) in [6, 6.07) is 24.2. The van der Waals surface area contributed by atoms with E-state index in [4.69, 9.17) is 9.29 Å². The second kappa shape index (κ2) is 13.5. The van der Waals surface area contributed by atoms with Crippen LogP contribution in [0.25, 0.3) is 0 Å². The van der Waals surface area contributed by atoms with Crippen LogP contribution < -0.4 is 20.7 Å². The van der Waals surface area contributed by atoms with Gasteiger partial charge in [0.15, 0.2) is 0 Å². The van der Waals surface area contributed by atoms with Crippen molar-refractivity contribution >= 4 is 39.8 Å². The van der Waals surface area contributed by atoms with Crippen LogP contribution >= 0.6 is 11.8 Å². The first-order valence-corrected chi connectivity index (χ1v) is 16.0. The molecule has 3 atom stereocenters. The first-order chi connectivity index (χ1) is 20.3. The molecule has 228 valence electrons. The molecule has 0 bridgehead atoms. The molecule has 3 aromatic carbocycles. The third kappa shape index (κ3) is 9.24. The Hall–Kier alpha value is -4.00. The van der Waals surface area contributed by atoms with Crippen LogP contribution in [0.3, 0.4) is 0 Å². The highest BCUT2D eigenvalue weighted by Gasteiger charge is 2.44. The summed E-state index contributed by atoms with van der Waals surface area (Å²) in [5.41, 5.74) is 2.05. The van der Waals surface area contributed by atoms with Gasteiger partial charge in [-0.2, -0.15) is 8.42 Å².